The predicted molar refractivity (Wildman–Crippen MR) is 51.7 cm³/mol. The molecule has 0 aromatic heterocycles. The Kier molecular flexibility index (Phi) is 2.83. The Morgan fingerprint density at radius 1 is 1.57 bits per heavy atom. The second-order valence-electron chi connectivity index (χ2n) is 4.69. The highest BCUT2D eigenvalue weighted by Crippen LogP contribution is 2.45. The molecule has 0 aromatic carbocycles. The van der Waals surface area contributed by atoms with Crippen LogP contribution in [0, 0.1) is 5.41 Å². The van der Waals surface area contributed by atoms with Gasteiger partial charge in [0.05, 0.1) is 0 Å². The molecular formula is C10H17NO3. The van der Waals surface area contributed by atoms with Gasteiger partial charge in [0.15, 0.2) is 0 Å². The van der Waals surface area contributed by atoms with Crippen molar-refractivity contribution >= 4 is 12.4 Å². The van der Waals surface area contributed by atoms with Gasteiger partial charge in [-0.05, 0) is 33.1 Å². The maximum atomic E-state index is 10.9. The molecule has 1 aliphatic rings. The average Bonchev–Trinajstić information content (AvgIpc) is 1.94. The van der Waals surface area contributed by atoms with Gasteiger partial charge in [0, 0.05) is 5.41 Å². The lowest BCUT2D eigenvalue weighted by Crippen LogP contribution is -2.42. The summed E-state index contributed by atoms with van der Waals surface area (Å²) >= 11 is 0. The monoisotopic (exact) mass is 199 g/mol. The lowest BCUT2D eigenvalue weighted by atomic mass is 9.65. The minimum Gasteiger partial charge on any atom is -0.444 e. The second kappa shape index (κ2) is 3.59. The predicted octanol–water partition coefficient (Wildman–Crippen LogP) is 1.62. The number of rotatable bonds is 4. The van der Waals surface area contributed by atoms with Gasteiger partial charge < -0.3 is 15.3 Å². The summed E-state index contributed by atoms with van der Waals surface area (Å²) in [5, 5.41) is 0. The molecule has 80 valence electrons. The van der Waals surface area contributed by atoms with Crippen LogP contribution in [0.4, 0.5) is 4.79 Å². The Labute approximate surface area is 83.8 Å². The van der Waals surface area contributed by atoms with Crippen molar-refractivity contribution in [3.63, 3.8) is 0 Å². The van der Waals surface area contributed by atoms with Crippen molar-refractivity contribution in [1.29, 1.82) is 0 Å². The number of hydrogen-bond acceptors (Lipinski definition) is 3. The van der Waals surface area contributed by atoms with Gasteiger partial charge in [-0.1, -0.05) is 6.42 Å². The van der Waals surface area contributed by atoms with E-state index in [0.29, 0.717) is 6.42 Å². The number of amides is 1. The first-order chi connectivity index (χ1) is 6.39. The maximum absolute atomic E-state index is 10.9. The summed E-state index contributed by atoms with van der Waals surface area (Å²) in [5.74, 6) is 0. The number of ether oxygens (including phenoxy) is 1. The second-order valence-corrected chi connectivity index (χ2v) is 4.69. The highest BCUT2D eigenvalue weighted by Gasteiger charge is 2.42. The first-order valence-corrected chi connectivity index (χ1v) is 4.84. The maximum Gasteiger partial charge on any atom is 0.405 e. The summed E-state index contributed by atoms with van der Waals surface area (Å²) in [6.45, 7) is 3.56. The number of carbonyl (C=O) groups is 2. The molecule has 0 aliphatic heterocycles. The molecule has 0 bridgehead atoms. The third-order valence-corrected chi connectivity index (χ3v) is 2.75. The van der Waals surface area contributed by atoms with E-state index in [-0.39, 0.29) is 5.41 Å². The smallest absolute Gasteiger partial charge is 0.405 e. The van der Waals surface area contributed by atoms with Crippen molar-refractivity contribution in [1.82, 2.24) is 0 Å². The number of carbonyl (C=O) groups excluding carboxylic acids is 2. The molecule has 4 nitrogen and oxygen atoms in total. The first kappa shape index (κ1) is 11.0. The van der Waals surface area contributed by atoms with Crippen molar-refractivity contribution in [2.75, 3.05) is 0 Å². The fraction of sp³-hybridized carbons (Fsp3) is 0.800. The Morgan fingerprint density at radius 2 is 2.14 bits per heavy atom. The molecule has 0 spiro atoms. The summed E-state index contributed by atoms with van der Waals surface area (Å²) in [5.41, 5.74) is 4.02. The lowest BCUT2D eigenvalue weighted by Gasteiger charge is -2.41. The van der Waals surface area contributed by atoms with E-state index >= 15 is 0 Å². The van der Waals surface area contributed by atoms with Crippen LogP contribution in [0.1, 0.15) is 39.5 Å². The van der Waals surface area contributed by atoms with E-state index in [1.165, 1.54) is 0 Å². The molecule has 2 N–H and O–H groups in total. The molecule has 0 heterocycles. The molecule has 0 aromatic rings. The molecular weight excluding hydrogens is 182 g/mol. The largest absolute Gasteiger partial charge is 0.444 e. The van der Waals surface area contributed by atoms with Gasteiger partial charge in [-0.2, -0.15) is 0 Å². The molecule has 1 rings (SSSR count). The van der Waals surface area contributed by atoms with Crippen LogP contribution in [0.3, 0.4) is 0 Å². The molecule has 1 fully saturated rings. The van der Waals surface area contributed by atoms with E-state index in [1.807, 2.05) is 0 Å². The van der Waals surface area contributed by atoms with Crippen LogP contribution in [-0.2, 0) is 9.53 Å². The fourth-order valence-corrected chi connectivity index (χ4v) is 2.12. The van der Waals surface area contributed by atoms with Gasteiger partial charge in [0.1, 0.15) is 11.9 Å². The van der Waals surface area contributed by atoms with Crippen LogP contribution in [0.25, 0.3) is 0 Å². The van der Waals surface area contributed by atoms with Crippen molar-refractivity contribution in [2.45, 2.75) is 45.1 Å². The zero-order chi connectivity index (χ0) is 10.8. The Morgan fingerprint density at radius 3 is 2.43 bits per heavy atom. The highest BCUT2D eigenvalue weighted by atomic mass is 16.6. The highest BCUT2D eigenvalue weighted by molar-refractivity contribution is 5.65. The molecule has 1 aliphatic carbocycles. The van der Waals surface area contributed by atoms with E-state index < -0.39 is 11.7 Å². The van der Waals surface area contributed by atoms with E-state index in [2.05, 4.69) is 0 Å². The van der Waals surface area contributed by atoms with Crippen LogP contribution in [0.15, 0.2) is 0 Å². The van der Waals surface area contributed by atoms with Crippen molar-refractivity contribution in [3.05, 3.63) is 0 Å². The van der Waals surface area contributed by atoms with Gasteiger partial charge in [0.2, 0.25) is 0 Å². The van der Waals surface area contributed by atoms with Crippen LogP contribution in [0.2, 0.25) is 0 Å². The molecule has 0 radical (unpaired) electrons. The summed E-state index contributed by atoms with van der Waals surface area (Å²) in [7, 11) is 0. The van der Waals surface area contributed by atoms with E-state index in [0.717, 1.165) is 25.5 Å². The van der Waals surface area contributed by atoms with Crippen molar-refractivity contribution in [3.8, 4) is 0 Å². The number of primary amides is 1. The summed E-state index contributed by atoms with van der Waals surface area (Å²) in [4.78, 5) is 21.5. The molecule has 0 unspecified atom stereocenters. The molecule has 1 amide bonds. The average molecular weight is 199 g/mol. The van der Waals surface area contributed by atoms with E-state index in [9.17, 15) is 9.59 Å². The van der Waals surface area contributed by atoms with Gasteiger partial charge in [0.25, 0.3) is 0 Å². The molecule has 1 saturated carbocycles. The Balaban J connectivity index is 2.56. The molecule has 0 saturated heterocycles. The van der Waals surface area contributed by atoms with Gasteiger partial charge in [-0.15, -0.1) is 0 Å². The van der Waals surface area contributed by atoms with E-state index in [1.54, 1.807) is 13.8 Å². The zero-order valence-corrected chi connectivity index (χ0v) is 8.71. The minimum absolute atomic E-state index is 0.279. The molecule has 14 heavy (non-hydrogen) atoms. The molecule has 0 atom stereocenters. The Bertz CT molecular complexity index is 244. The SMILES string of the molecule is CC(C)(CC1(C=O)CCC1)OC(N)=O. The first-order valence-electron chi connectivity index (χ1n) is 4.84. The van der Waals surface area contributed by atoms with Crippen molar-refractivity contribution < 1.29 is 14.3 Å². The van der Waals surface area contributed by atoms with E-state index in [4.69, 9.17) is 10.5 Å². The van der Waals surface area contributed by atoms with Gasteiger partial charge in [-0.25, -0.2) is 4.79 Å². The third kappa shape index (κ3) is 2.47. The van der Waals surface area contributed by atoms with Gasteiger partial charge in [-0.3, -0.25) is 0 Å². The normalized spacial score (nSPS) is 19.6. The summed E-state index contributed by atoms with van der Waals surface area (Å²) in [6.07, 6.45) is 3.63. The minimum atomic E-state index is -0.782. The zero-order valence-electron chi connectivity index (χ0n) is 8.71. The number of hydrogen-bond donors (Lipinski definition) is 1. The topological polar surface area (TPSA) is 69.4 Å². The van der Waals surface area contributed by atoms with Gasteiger partial charge >= 0.3 is 6.09 Å². The number of nitrogens with two attached hydrogens (primary N) is 1. The quantitative estimate of drug-likeness (QED) is 0.699. The number of aldehydes is 1. The standard InChI is InChI=1S/C10H17NO3/c1-9(2,14-8(11)13)6-10(7-12)4-3-5-10/h7H,3-6H2,1-2H3,(H2,11,13). The van der Waals surface area contributed by atoms with Crippen LogP contribution < -0.4 is 5.73 Å². The summed E-state index contributed by atoms with van der Waals surface area (Å²) in [6, 6.07) is 0. The van der Waals surface area contributed by atoms with Crippen LogP contribution in [-0.4, -0.2) is 18.0 Å². The third-order valence-electron chi connectivity index (χ3n) is 2.75. The molecule has 4 heteroatoms. The summed E-state index contributed by atoms with van der Waals surface area (Å²) < 4.78 is 4.95. The lowest BCUT2D eigenvalue weighted by molar-refractivity contribution is -0.125. The van der Waals surface area contributed by atoms with Crippen LogP contribution >= 0.6 is 0 Å². The fourth-order valence-electron chi connectivity index (χ4n) is 2.12. The Hall–Kier alpha value is -1.06. The van der Waals surface area contributed by atoms with Crippen LogP contribution in [0.5, 0.6) is 0 Å². The van der Waals surface area contributed by atoms with Crippen molar-refractivity contribution in [2.24, 2.45) is 11.1 Å².